The van der Waals surface area contributed by atoms with E-state index in [0.29, 0.717) is 0 Å². The lowest BCUT2D eigenvalue weighted by Crippen LogP contribution is -2.04. The van der Waals surface area contributed by atoms with E-state index in [1.807, 2.05) is 6.92 Å². The summed E-state index contributed by atoms with van der Waals surface area (Å²) in [5.41, 5.74) is 2.36. The Kier molecular flexibility index (Phi) is 2.09. The molecule has 70 valence electrons. The lowest BCUT2D eigenvalue weighted by molar-refractivity contribution is 0.0605. The van der Waals surface area contributed by atoms with Crippen LogP contribution in [0.1, 0.15) is 25.7 Å². The third kappa shape index (κ3) is 1.26. The summed E-state index contributed by atoms with van der Waals surface area (Å²) in [5, 5.41) is 3.25. The Morgan fingerprint density at radius 1 is 1.54 bits per heavy atom. The van der Waals surface area contributed by atoms with Crippen LogP contribution >= 0.6 is 11.3 Å². The van der Waals surface area contributed by atoms with Gasteiger partial charge in [-0.15, -0.1) is 11.3 Å². The zero-order chi connectivity index (χ0) is 9.42. The number of ether oxygens (including phenoxy) is 1. The number of nitrogens with one attached hydrogen (secondary N) is 1. The maximum atomic E-state index is 11.3. The first-order valence-electron chi connectivity index (χ1n) is 4.14. The number of thiophene rings is 1. The van der Waals surface area contributed by atoms with E-state index in [-0.39, 0.29) is 5.97 Å². The Morgan fingerprint density at radius 2 is 2.31 bits per heavy atom. The fraction of sp³-hybridized carbons (Fsp3) is 0.444. The Labute approximate surface area is 80.7 Å². The number of fused-ring (bicyclic) bond motifs is 1. The number of hydrogen-bond acceptors (Lipinski definition) is 4. The number of methoxy groups -OCH3 is 1. The van der Waals surface area contributed by atoms with E-state index in [1.54, 1.807) is 11.3 Å². The Hall–Kier alpha value is -0.870. The van der Waals surface area contributed by atoms with Gasteiger partial charge < -0.3 is 10.1 Å². The molecule has 0 amide bonds. The first kappa shape index (κ1) is 8.72. The molecule has 0 saturated carbocycles. The van der Waals surface area contributed by atoms with Gasteiger partial charge in [0.1, 0.15) is 4.88 Å². The third-order valence-corrected chi connectivity index (χ3v) is 3.63. The number of hydrogen-bond donors (Lipinski definition) is 1. The monoisotopic (exact) mass is 197 g/mol. The van der Waals surface area contributed by atoms with Gasteiger partial charge in [-0.1, -0.05) is 0 Å². The molecule has 4 heteroatoms. The summed E-state index contributed by atoms with van der Waals surface area (Å²) in [6.45, 7) is 3.75. The van der Waals surface area contributed by atoms with E-state index in [9.17, 15) is 4.79 Å². The third-order valence-electron chi connectivity index (χ3n) is 2.31. The molecule has 2 rings (SSSR count). The van der Waals surface area contributed by atoms with E-state index in [2.05, 4.69) is 5.32 Å². The molecule has 0 fully saturated rings. The van der Waals surface area contributed by atoms with Crippen molar-refractivity contribution in [3.63, 3.8) is 0 Å². The number of carbonyl (C=O) groups is 1. The van der Waals surface area contributed by atoms with Crippen molar-refractivity contribution < 1.29 is 9.53 Å². The normalized spacial score (nSPS) is 14.3. The summed E-state index contributed by atoms with van der Waals surface area (Å²) in [7, 11) is 1.42. The maximum Gasteiger partial charge on any atom is 0.348 e. The molecule has 1 aliphatic rings. The predicted octanol–water partition coefficient (Wildman–Crippen LogP) is 1.45. The van der Waals surface area contributed by atoms with Gasteiger partial charge in [0.2, 0.25) is 0 Å². The standard InChI is InChI=1S/C9H11NO2S/c1-5-6-3-10-4-7(6)13-8(5)9(11)12-2/h10H,3-4H2,1-2H3. The van der Waals surface area contributed by atoms with Gasteiger partial charge in [0.05, 0.1) is 7.11 Å². The molecule has 0 spiro atoms. The van der Waals surface area contributed by atoms with Crippen LogP contribution in [-0.2, 0) is 17.8 Å². The molecule has 13 heavy (non-hydrogen) atoms. The van der Waals surface area contributed by atoms with Crippen molar-refractivity contribution >= 4 is 17.3 Å². The van der Waals surface area contributed by atoms with Crippen LogP contribution in [-0.4, -0.2) is 13.1 Å². The van der Waals surface area contributed by atoms with Crippen LogP contribution in [0.3, 0.4) is 0 Å². The molecule has 1 aliphatic heterocycles. The summed E-state index contributed by atoms with van der Waals surface area (Å²) in [6.07, 6.45) is 0. The van der Waals surface area contributed by atoms with Gasteiger partial charge in [-0.2, -0.15) is 0 Å². The summed E-state index contributed by atoms with van der Waals surface area (Å²) in [6, 6.07) is 0. The molecule has 0 radical (unpaired) electrons. The minimum atomic E-state index is -0.211. The highest BCUT2D eigenvalue weighted by atomic mass is 32.1. The minimum Gasteiger partial charge on any atom is -0.465 e. The Balaban J connectivity index is 2.44. The first-order valence-corrected chi connectivity index (χ1v) is 4.96. The van der Waals surface area contributed by atoms with Gasteiger partial charge in [0, 0.05) is 18.0 Å². The molecule has 0 bridgehead atoms. The molecule has 0 unspecified atom stereocenters. The van der Waals surface area contributed by atoms with Crippen LogP contribution in [0.15, 0.2) is 0 Å². The van der Waals surface area contributed by atoms with E-state index in [4.69, 9.17) is 4.74 Å². The molecule has 0 saturated heterocycles. The van der Waals surface area contributed by atoms with Crippen molar-refractivity contribution in [3.05, 3.63) is 20.9 Å². The van der Waals surface area contributed by atoms with E-state index in [1.165, 1.54) is 17.6 Å². The molecule has 1 aromatic heterocycles. The highest BCUT2D eigenvalue weighted by Gasteiger charge is 2.22. The smallest absolute Gasteiger partial charge is 0.348 e. The van der Waals surface area contributed by atoms with Crippen LogP contribution in [0, 0.1) is 6.92 Å². The zero-order valence-electron chi connectivity index (χ0n) is 7.64. The van der Waals surface area contributed by atoms with Gasteiger partial charge in [-0.25, -0.2) is 4.79 Å². The van der Waals surface area contributed by atoms with Crippen molar-refractivity contribution in [2.75, 3.05) is 7.11 Å². The highest BCUT2D eigenvalue weighted by molar-refractivity contribution is 7.14. The van der Waals surface area contributed by atoms with Gasteiger partial charge in [-0.05, 0) is 18.1 Å². The minimum absolute atomic E-state index is 0.211. The van der Waals surface area contributed by atoms with Gasteiger partial charge in [-0.3, -0.25) is 0 Å². The van der Waals surface area contributed by atoms with Gasteiger partial charge in [0.25, 0.3) is 0 Å². The largest absolute Gasteiger partial charge is 0.465 e. The quantitative estimate of drug-likeness (QED) is 0.692. The van der Waals surface area contributed by atoms with E-state index in [0.717, 1.165) is 23.5 Å². The van der Waals surface area contributed by atoms with Crippen molar-refractivity contribution in [2.24, 2.45) is 0 Å². The molecule has 1 N–H and O–H groups in total. The summed E-state index contributed by atoms with van der Waals surface area (Å²) < 4.78 is 4.71. The molecule has 1 aromatic rings. The first-order chi connectivity index (χ1) is 6.24. The molecule has 0 aromatic carbocycles. The Morgan fingerprint density at radius 3 is 2.92 bits per heavy atom. The SMILES string of the molecule is COC(=O)c1sc2c(c1C)CNC2. The molecule has 3 nitrogen and oxygen atoms in total. The van der Waals surface area contributed by atoms with Crippen LogP contribution in [0.2, 0.25) is 0 Å². The van der Waals surface area contributed by atoms with E-state index >= 15 is 0 Å². The maximum absolute atomic E-state index is 11.3. The second kappa shape index (κ2) is 3.12. The number of carbonyl (C=O) groups excluding carboxylic acids is 1. The average molecular weight is 197 g/mol. The zero-order valence-corrected chi connectivity index (χ0v) is 8.46. The van der Waals surface area contributed by atoms with E-state index < -0.39 is 0 Å². The fourth-order valence-electron chi connectivity index (χ4n) is 1.57. The molecule has 2 heterocycles. The van der Waals surface area contributed by atoms with Crippen molar-refractivity contribution in [1.82, 2.24) is 5.32 Å². The fourth-order valence-corrected chi connectivity index (χ4v) is 2.78. The molecule has 0 aliphatic carbocycles. The molecular formula is C9H11NO2S. The lowest BCUT2D eigenvalue weighted by Gasteiger charge is -1.98. The van der Waals surface area contributed by atoms with Crippen LogP contribution < -0.4 is 5.32 Å². The van der Waals surface area contributed by atoms with Crippen LogP contribution in [0.4, 0.5) is 0 Å². The molecule has 0 atom stereocenters. The summed E-state index contributed by atoms with van der Waals surface area (Å²) >= 11 is 1.54. The molecular weight excluding hydrogens is 186 g/mol. The average Bonchev–Trinajstić information content (AvgIpc) is 2.68. The Bertz CT molecular complexity index is 357. The van der Waals surface area contributed by atoms with Crippen LogP contribution in [0.25, 0.3) is 0 Å². The van der Waals surface area contributed by atoms with Crippen LogP contribution in [0.5, 0.6) is 0 Å². The predicted molar refractivity (Wildman–Crippen MR) is 50.9 cm³/mol. The van der Waals surface area contributed by atoms with Crippen molar-refractivity contribution in [3.8, 4) is 0 Å². The number of rotatable bonds is 1. The lowest BCUT2D eigenvalue weighted by atomic mass is 10.1. The second-order valence-electron chi connectivity index (χ2n) is 3.05. The topological polar surface area (TPSA) is 38.3 Å². The van der Waals surface area contributed by atoms with Gasteiger partial charge in [0.15, 0.2) is 0 Å². The summed E-state index contributed by atoms with van der Waals surface area (Å²) in [4.78, 5) is 13.3. The van der Waals surface area contributed by atoms with Crippen molar-refractivity contribution in [1.29, 1.82) is 0 Å². The van der Waals surface area contributed by atoms with Gasteiger partial charge >= 0.3 is 5.97 Å². The number of esters is 1. The summed E-state index contributed by atoms with van der Waals surface area (Å²) in [5.74, 6) is -0.211. The highest BCUT2D eigenvalue weighted by Crippen LogP contribution is 2.31. The van der Waals surface area contributed by atoms with Crippen molar-refractivity contribution in [2.45, 2.75) is 20.0 Å². The second-order valence-corrected chi connectivity index (χ2v) is 4.16.